The van der Waals surface area contributed by atoms with E-state index in [1.807, 2.05) is 32.0 Å². The second kappa shape index (κ2) is 9.67. The molecule has 0 saturated carbocycles. The van der Waals surface area contributed by atoms with Gasteiger partial charge >= 0.3 is 0 Å². The van der Waals surface area contributed by atoms with Crippen LogP contribution in [0.2, 0.25) is 0 Å². The van der Waals surface area contributed by atoms with Gasteiger partial charge in [-0.15, -0.1) is 0 Å². The maximum absolute atomic E-state index is 13.0. The molecule has 7 nitrogen and oxygen atoms in total. The Balaban J connectivity index is 1.83. The minimum absolute atomic E-state index is 0.0910. The number of thioether (sulfide) groups is 1. The number of para-hydroxylation sites is 1. The summed E-state index contributed by atoms with van der Waals surface area (Å²) in [6, 6.07) is 12.4. The van der Waals surface area contributed by atoms with Crippen molar-refractivity contribution in [1.82, 2.24) is 9.55 Å². The lowest BCUT2D eigenvalue weighted by molar-refractivity contribution is -0.113. The van der Waals surface area contributed by atoms with Crippen molar-refractivity contribution in [2.75, 3.05) is 25.3 Å². The van der Waals surface area contributed by atoms with Gasteiger partial charge in [-0.3, -0.25) is 14.2 Å². The number of aromatic nitrogens is 2. The fraction of sp³-hybridized carbons (Fsp3) is 0.318. The van der Waals surface area contributed by atoms with Crippen molar-refractivity contribution in [3.8, 4) is 11.5 Å². The number of ether oxygens (including phenoxy) is 2. The van der Waals surface area contributed by atoms with Gasteiger partial charge in [0.25, 0.3) is 5.56 Å². The van der Waals surface area contributed by atoms with Gasteiger partial charge < -0.3 is 14.8 Å². The van der Waals surface area contributed by atoms with Gasteiger partial charge in [-0.1, -0.05) is 37.7 Å². The quantitative estimate of drug-likeness (QED) is 0.435. The summed E-state index contributed by atoms with van der Waals surface area (Å²) in [6.07, 6.45) is 0. The largest absolute Gasteiger partial charge is 0.497 e. The van der Waals surface area contributed by atoms with E-state index in [9.17, 15) is 9.59 Å². The summed E-state index contributed by atoms with van der Waals surface area (Å²) in [5.41, 5.74) is 1.06. The summed E-state index contributed by atoms with van der Waals surface area (Å²) >= 11 is 1.24. The number of benzene rings is 2. The van der Waals surface area contributed by atoms with Crippen LogP contribution in [0, 0.1) is 5.92 Å². The summed E-state index contributed by atoms with van der Waals surface area (Å²) < 4.78 is 12.2. The highest BCUT2D eigenvalue weighted by molar-refractivity contribution is 7.99. The highest BCUT2D eigenvalue weighted by Crippen LogP contribution is 2.29. The Morgan fingerprint density at radius 2 is 1.93 bits per heavy atom. The number of methoxy groups -OCH3 is 2. The lowest BCUT2D eigenvalue weighted by Gasteiger charge is -2.15. The van der Waals surface area contributed by atoms with Gasteiger partial charge in [-0.05, 0) is 30.2 Å². The zero-order valence-corrected chi connectivity index (χ0v) is 18.3. The van der Waals surface area contributed by atoms with Crippen LogP contribution in [0.5, 0.6) is 11.5 Å². The minimum atomic E-state index is -0.231. The first-order valence-electron chi connectivity index (χ1n) is 9.57. The van der Waals surface area contributed by atoms with E-state index in [0.29, 0.717) is 39.8 Å². The zero-order chi connectivity index (χ0) is 21.7. The molecule has 0 aliphatic carbocycles. The smallest absolute Gasteiger partial charge is 0.262 e. The molecule has 0 aliphatic heterocycles. The molecule has 1 aromatic heterocycles. The number of carbonyl (C=O) groups is 1. The molecule has 0 aliphatic rings. The molecule has 1 amide bonds. The molecule has 0 bridgehead atoms. The molecule has 0 unspecified atom stereocenters. The molecule has 30 heavy (non-hydrogen) atoms. The Kier molecular flexibility index (Phi) is 6.99. The number of nitrogens with zero attached hydrogens (tertiary/aromatic N) is 2. The molecule has 0 radical (unpaired) electrons. The van der Waals surface area contributed by atoms with Crippen LogP contribution in [0.15, 0.2) is 52.4 Å². The van der Waals surface area contributed by atoms with Gasteiger partial charge in [0.2, 0.25) is 5.91 Å². The highest BCUT2D eigenvalue weighted by atomic mass is 32.2. The molecule has 3 aromatic rings. The number of hydrogen-bond donors (Lipinski definition) is 1. The molecular formula is C22H25N3O4S. The number of amides is 1. The van der Waals surface area contributed by atoms with E-state index in [2.05, 4.69) is 10.3 Å². The van der Waals surface area contributed by atoms with E-state index in [-0.39, 0.29) is 23.1 Å². The van der Waals surface area contributed by atoms with Gasteiger partial charge in [0.05, 0.1) is 36.6 Å². The number of hydrogen-bond acceptors (Lipinski definition) is 6. The van der Waals surface area contributed by atoms with Crippen LogP contribution >= 0.6 is 11.8 Å². The molecular weight excluding hydrogens is 402 g/mol. The molecule has 2 aromatic carbocycles. The highest BCUT2D eigenvalue weighted by Gasteiger charge is 2.15. The van der Waals surface area contributed by atoms with Crippen LogP contribution in [0.25, 0.3) is 10.9 Å². The molecule has 0 spiro atoms. The summed E-state index contributed by atoms with van der Waals surface area (Å²) in [5.74, 6) is 1.28. The summed E-state index contributed by atoms with van der Waals surface area (Å²) in [6.45, 7) is 4.61. The van der Waals surface area contributed by atoms with E-state index < -0.39 is 0 Å². The predicted molar refractivity (Wildman–Crippen MR) is 120 cm³/mol. The SMILES string of the molecule is COc1ccc(OC)c(NC(=O)CSc2nc3ccccc3c(=O)n2CC(C)C)c1. The maximum Gasteiger partial charge on any atom is 0.262 e. The zero-order valence-electron chi connectivity index (χ0n) is 17.5. The van der Waals surface area contributed by atoms with Gasteiger partial charge in [-0.2, -0.15) is 0 Å². The monoisotopic (exact) mass is 427 g/mol. The van der Waals surface area contributed by atoms with Crippen molar-refractivity contribution < 1.29 is 14.3 Å². The Labute approximate surface area is 179 Å². The van der Waals surface area contributed by atoms with Crippen LogP contribution in [0.4, 0.5) is 5.69 Å². The van der Waals surface area contributed by atoms with Gasteiger partial charge in [0, 0.05) is 12.6 Å². The first kappa shape index (κ1) is 21.7. The molecule has 0 fully saturated rings. The van der Waals surface area contributed by atoms with Crippen LogP contribution in [0.1, 0.15) is 13.8 Å². The van der Waals surface area contributed by atoms with Crippen molar-refractivity contribution in [1.29, 1.82) is 0 Å². The Morgan fingerprint density at radius 1 is 1.17 bits per heavy atom. The third-order valence-corrected chi connectivity index (χ3v) is 5.36. The fourth-order valence-corrected chi connectivity index (χ4v) is 3.82. The predicted octanol–water partition coefficient (Wildman–Crippen LogP) is 3.80. The van der Waals surface area contributed by atoms with Crippen LogP contribution in [0.3, 0.4) is 0 Å². The summed E-state index contributed by atoms with van der Waals surface area (Å²) in [7, 11) is 3.10. The first-order valence-corrected chi connectivity index (χ1v) is 10.6. The number of nitrogens with one attached hydrogen (secondary N) is 1. The lowest BCUT2D eigenvalue weighted by atomic mass is 10.2. The third kappa shape index (κ3) is 4.94. The van der Waals surface area contributed by atoms with Crippen molar-refractivity contribution in [3.05, 3.63) is 52.8 Å². The lowest BCUT2D eigenvalue weighted by Crippen LogP contribution is -2.26. The van der Waals surface area contributed by atoms with Crippen molar-refractivity contribution in [2.45, 2.75) is 25.5 Å². The normalized spacial score (nSPS) is 11.0. The maximum atomic E-state index is 13.0. The molecule has 1 heterocycles. The molecule has 158 valence electrons. The van der Waals surface area contributed by atoms with Crippen molar-refractivity contribution in [2.24, 2.45) is 5.92 Å². The second-order valence-corrected chi connectivity index (χ2v) is 8.07. The van der Waals surface area contributed by atoms with Gasteiger partial charge in [0.1, 0.15) is 11.5 Å². The van der Waals surface area contributed by atoms with E-state index in [0.717, 1.165) is 0 Å². The average Bonchev–Trinajstić information content (AvgIpc) is 2.74. The number of fused-ring (bicyclic) bond motifs is 1. The second-order valence-electron chi connectivity index (χ2n) is 7.12. The average molecular weight is 428 g/mol. The standard InChI is InChI=1S/C22H25N3O4S/c1-14(2)12-25-21(27)16-7-5-6-8-17(16)24-22(25)30-13-20(26)23-18-11-15(28-3)9-10-19(18)29-4/h5-11,14H,12-13H2,1-4H3,(H,23,26). The molecule has 1 N–H and O–H groups in total. The summed E-state index contributed by atoms with van der Waals surface area (Å²) in [4.78, 5) is 30.2. The molecule has 8 heteroatoms. The minimum Gasteiger partial charge on any atom is -0.497 e. The van der Waals surface area contributed by atoms with Gasteiger partial charge in [-0.25, -0.2) is 4.98 Å². The number of rotatable bonds is 8. The van der Waals surface area contributed by atoms with E-state index in [4.69, 9.17) is 9.47 Å². The Morgan fingerprint density at radius 3 is 2.63 bits per heavy atom. The molecule has 3 rings (SSSR count). The Hall–Kier alpha value is -3.00. The summed E-state index contributed by atoms with van der Waals surface area (Å²) in [5, 5.41) is 3.94. The van der Waals surface area contributed by atoms with Crippen LogP contribution in [-0.4, -0.2) is 35.4 Å². The van der Waals surface area contributed by atoms with Crippen LogP contribution < -0.4 is 20.3 Å². The van der Waals surface area contributed by atoms with E-state index in [1.165, 1.54) is 18.9 Å². The number of anilines is 1. The van der Waals surface area contributed by atoms with Crippen molar-refractivity contribution >= 4 is 34.3 Å². The van der Waals surface area contributed by atoms with E-state index >= 15 is 0 Å². The molecule has 0 saturated heterocycles. The number of carbonyl (C=O) groups excluding carboxylic acids is 1. The Bertz CT molecular complexity index is 1110. The third-order valence-electron chi connectivity index (χ3n) is 4.39. The van der Waals surface area contributed by atoms with Gasteiger partial charge in [0.15, 0.2) is 5.16 Å². The fourth-order valence-electron chi connectivity index (χ4n) is 3.01. The van der Waals surface area contributed by atoms with Crippen molar-refractivity contribution in [3.63, 3.8) is 0 Å². The molecule has 0 atom stereocenters. The van der Waals surface area contributed by atoms with Crippen LogP contribution in [-0.2, 0) is 11.3 Å². The topological polar surface area (TPSA) is 82.5 Å². The first-order chi connectivity index (χ1) is 14.4. The van der Waals surface area contributed by atoms with E-state index in [1.54, 1.807) is 35.9 Å².